The van der Waals surface area contributed by atoms with E-state index in [0.29, 0.717) is 5.56 Å². The topological polar surface area (TPSA) is 118 Å². The molecule has 0 aliphatic carbocycles. The molecule has 3 aromatic heterocycles. The molecule has 1 aliphatic rings. The first kappa shape index (κ1) is 30.0. The predicted octanol–water partition coefficient (Wildman–Crippen LogP) is 3.75. The van der Waals surface area contributed by atoms with Gasteiger partial charge in [0.15, 0.2) is 15.5 Å². The number of nitrogens with zero attached hydrogens (tertiary/aromatic N) is 6. The number of benzene rings is 1. The smallest absolute Gasteiger partial charge is 0.347 e. The number of piperazine rings is 1. The lowest BCUT2D eigenvalue weighted by Crippen LogP contribution is -2.58. The van der Waals surface area contributed by atoms with Gasteiger partial charge in [0.2, 0.25) is 5.91 Å². The number of carbonyl (C=O) groups excluding carboxylic acids is 1. The van der Waals surface area contributed by atoms with Crippen LogP contribution in [0.25, 0.3) is 28.0 Å². The fourth-order valence-corrected chi connectivity index (χ4v) is 6.67. The molecule has 10 nitrogen and oxygen atoms in total. The standard InChI is InChI=1S/C30H30F2N6O4S/c1-7-24(39)36-14-17(3)37(18(4)15-36)29-20-13-22(32)26(25-16(2)9-8-10-21(25)31)34-28(20)38(30(40)35-29)27-19(5)33-12-11-23(27)43(6,41)42/h7-13,17-18H,1,14-15H2,2-6H3/t17-,18+. The number of aryl methyl sites for hydroxylation is 2. The highest BCUT2D eigenvalue weighted by molar-refractivity contribution is 7.90. The normalized spacial score (nSPS) is 17.4. The summed E-state index contributed by atoms with van der Waals surface area (Å²) in [5, 5.41) is 0.0970. The molecule has 1 amide bonds. The van der Waals surface area contributed by atoms with E-state index in [1.807, 2.05) is 18.7 Å². The number of fused-ring (bicyclic) bond motifs is 1. The Bertz CT molecular complexity index is 1950. The Morgan fingerprint density at radius 2 is 1.74 bits per heavy atom. The number of carbonyl (C=O) groups is 1. The molecular weight excluding hydrogens is 578 g/mol. The molecule has 1 aliphatic heterocycles. The van der Waals surface area contributed by atoms with Crippen LogP contribution in [0.15, 0.2) is 58.9 Å². The lowest BCUT2D eigenvalue weighted by Gasteiger charge is -2.45. The Kier molecular flexibility index (Phi) is 7.63. The van der Waals surface area contributed by atoms with E-state index >= 15 is 8.78 Å². The van der Waals surface area contributed by atoms with Crippen LogP contribution in [0.4, 0.5) is 14.6 Å². The van der Waals surface area contributed by atoms with Crippen molar-refractivity contribution in [2.24, 2.45) is 0 Å². The summed E-state index contributed by atoms with van der Waals surface area (Å²) in [5.41, 5.74) is -0.941. The molecule has 224 valence electrons. The quantitative estimate of drug-likeness (QED) is 0.315. The first-order valence-electron chi connectivity index (χ1n) is 13.5. The van der Waals surface area contributed by atoms with Gasteiger partial charge >= 0.3 is 5.69 Å². The van der Waals surface area contributed by atoms with Gasteiger partial charge in [0.1, 0.15) is 23.1 Å². The molecule has 1 fully saturated rings. The predicted molar refractivity (Wildman–Crippen MR) is 159 cm³/mol. The van der Waals surface area contributed by atoms with E-state index in [1.54, 1.807) is 17.9 Å². The molecule has 0 saturated carbocycles. The third-order valence-electron chi connectivity index (χ3n) is 7.60. The summed E-state index contributed by atoms with van der Waals surface area (Å²) < 4.78 is 57.7. The van der Waals surface area contributed by atoms with Crippen molar-refractivity contribution in [3.8, 4) is 16.9 Å². The number of aromatic nitrogens is 4. The second kappa shape index (κ2) is 11.0. The molecule has 5 rings (SSSR count). The van der Waals surface area contributed by atoms with E-state index in [9.17, 15) is 18.0 Å². The molecular formula is C30H30F2N6O4S. The van der Waals surface area contributed by atoms with Gasteiger partial charge in [0.05, 0.1) is 21.7 Å². The molecule has 2 atom stereocenters. The second-order valence-electron chi connectivity index (χ2n) is 10.7. The largest absolute Gasteiger partial charge is 0.355 e. The fourth-order valence-electron chi connectivity index (χ4n) is 5.77. The zero-order chi connectivity index (χ0) is 31.4. The average molecular weight is 609 g/mol. The molecule has 1 saturated heterocycles. The molecule has 1 aromatic carbocycles. The number of hydrogen-bond donors (Lipinski definition) is 0. The lowest BCUT2D eigenvalue weighted by molar-refractivity contribution is -0.127. The van der Waals surface area contributed by atoms with Crippen molar-refractivity contribution in [1.82, 2.24) is 24.4 Å². The van der Waals surface area contributed by atoms with Gasteiger partial charge in [-0.2, -0.15) is 4.98 Å². The minimum absolute atomic E-state index is 0.0862. The van der Waals surface area contributed by atoms with Gasteiger partial charge in [0, 0.05) is 43.2 Å². The monoisotopic (exact) mass is 608 g/mol. The van der Waals surface area contributed by atoms with E-state index in [4.69, 9.17) is 0 Å². The highest BCUT2D eigenvalue weighted by Crippen LogP contribution is 2.35. The van der Waals surface area contributed by atoms with Crippen molar-refractivity contribution >= 4 is 32.6 Å². The highest BCUT2D eigenvalue weighted by Gasteiger charge is 2.35. The van der Waals surface area contributed by atoms with Crippen LogP contribution in [0.3, 0.4) is 0 Å². The van der Waals surface area contributed by atoms with Crippen LogP contribution in [0, 0.1) is 25.5 Å². The lowest BCUT2D eigenvalue weighted by atomic mass is 10.0. The highest BCUT2D eigenvalue weighted by atomic mass is 32.2. The molecule has 43 heavy (non-hydrogen) atoms. The number of sulfone groups is 1. The molecule has 0 N–H and O–H groups in total. The second-order valence-corrected chi connectivity index (χ2v) is 12.7. The Hall–Kier alpha value is -4.52. The molecule has 4 aromatic rings. The number of pyridine rings is 2. The van der Waals surface area contributed by atoms with Crippen molar-refractivity contribution in [1.29, 1.82) is 0 Å². The summed E-state index contributed by atoms with van der Waals surface area (Å²) in [6, 6.07) is 5.95. The van der Waals surface area contributed by atoms with Gasteiger partial charge in [-0.3, -0.25) is 9.78 Å². The van der Waals surface area contributed by atoms with Crippen molar-refractivity contribution in [3.63, 3.8) is 0 Å². The first-order valence-corrected chi connectivity index (χ1v) is 15.4. The van der Waals surface area contributed by atoms with Gasteiger partial charge < -0.3 is 9.80 Å². The number of halogens is 2. The summed E-state index contributed by atoms with van der Waals surface area (Å²) in [6.45, 7) is 10.9. The molecule has 0 bridgehead atoms. The van der Waals surface area contributed by atoms with Crippen LogP contribution >= 0.6 is 0 Å². The maximum Gasteiger partial charge on any atom is 0.355 e. The summed E-state index contributed by atoms with van der Waals surface area (Å²) in [7, 11) is -3.88. The number of rotatable bonds is 5. The van der Waals surface area contributed by atoms with E-state index in [-0.39, 0.29) is 75.5 Å². The van der Waals surface area contributed by atoms with Gasteiger partial charge in [-0.1, -0.05) is 18.7 Å². The Morgan fingerprint density at radius 1 is 1.07 bits per heavy atom. The average Bonchev–Trinajstić information content (AvgIpc) is 2.92. The van der Waals surface area contributed by atoms with Crippen LogP contribution in [0.1, 0.15) is 25.1 Å². The van der Waals surface area contributed by atoms with Crippen LogP contribution in [0.5, 0.6) is 0 Å². The van der Waals surface area contributed by atoms with E-state index in [2.05, 4.69) is 21.5 Å². The maximum absolute atomic E-state index is 16.0. The zero-order valence-electron chi connectivity index (χ0n) is 24.3. The molecule has 13 heteroatoms. The van der Waals surface area contributed by atoms with Gasteiger partial charge in [-0.05, 0) is 57.5 Å². The number of hydrogen-bond acceptors (Lipinski definition) is 8. The zero-order valence-corrected chi connectivity index (χ0v) is 25.1. The van der Waals surface area contributed by atoms with Crippen LogP contribution in [0.2, 0.25) is 0 Å². The van der Waals surface area contributed by atoms with Crippen molar-refractivity contribution < 1.29 is 22.0 Å². The molecule has 0 radical (unpaired) electrons. The SMILES string of the molecule is C=CC(=O)N1C[C@@H](C)N(c2nc(=O)n(-c3c(S(C)(=O)=O)ccnc3C)c3nc(-c4c(C)cccc4F)c(F)cc23)[C@@H](C)C1. The summed E-state index contributed by atoms with van der Waals surface area (Å²) in [4.78, 5) is 42.6. The van der Waals surface area contributed by atoms with Crippen molar-refractivity contribution in [3.05, 3.63) is 82.6 Å². The third kappa shape index (κ3) is 5.18. The van der Waals surface area contributed by atoms with Gasteiger partial charge in [-0.25, -0.2) is 31.5 Å². The van der Waals surface area contributed by atoms with Crippen molar-refractivity contribution in [2.75, 3.05) is 24.2 Å². The third-order valence-corrected chi connectivity index (χ3v) is 8.73. The molecule has 4 heterocycles. The van der Waals surface area contributed by atoms with E-state index in [0.717, 1.165) is 16.9 Å². The van der Waals surface area contributed by atoms with E-state index < -0.39 is 27.2 Å². The van der Waals surface area contributed by atoms with E-state index in [1.165, 1.54) is 37.4 Å². The Morgan fingerprint density at radius 3 is 2.35 bits per heavy atom. The minimum Gasteiger partial charge on any atom is -0.347 e. The maximum atomic E-state index is 16.0. The van der Waals surface area contributed by atoms with Crippen LogP contribution in [-0.4, -0.2) is 70.2 Å². The summed E-state index contributed by atoms with van der Waals surface area (Å²) in [5.74, 6) is -1.72. The molecule has 0 spiro atoms. The van der Waals surface area contributed by atoms with Gasteiger partial charge in [-0.15, -0.1) is 0 Å². The Balaban J connectivity index is 1.89. The van der Waals surface area contributed by atoms with Gasteiger partial charge in [0.25, 0.3) is 0 Å². The van der Waals surface area contributed by atoms with Crippen LogP contribution < -0.4 is 10.6 Å². The van der Waals surface area contributed by atoms with Crippen molar-refractivity contribution in [2.45, 2.75) is 44.7 Å². The minimum atomic E-state index is -3.88. The fraction of sp³-hybridized carbons (Fsp3) is 0.300. The Labute approximate surface area is 247 Å². The first-order chi connectivity index (χ1) is 20.2. The number of amides is 1. The molecule has 0 unspecified atom stereocenters. The summed E-state index contributed by atoms with van der Waals surface area (Å²) in [6.07, 6.45) is 3.53. The number of anilines is 1. The van der Waals surface area contributed by atoms with Crippen LogP contribution in [-0.2, 0) is 14.6 Å². The summed E-state index contributed by atoms with van der Waals surface area (Å²) >= 11 is 0.